The molecule has 0 amide bonds. The summed E-state index contributed by atoms with van der Waals surface area (Å²) in [4.78, 5) is 0. The van der Waals surface area contributed by atoms with E-state index in [4.69, 9.17) is 33.7 Å². The van der Waals surface area contributed by atoms with Gasteiger partial charge in [-0.3, -0.25) is 0 Å². The molecule has 0 aliphatic heterocycles. The summed E-state index contributed by atoms with van der Waals surface area (Å²) >= 11 is 12.0. The molecule has 1 unspecified atom stereocenters. The minimum Gasteiger partial charge on any atom is -0.381 e. The van der Waals surface area contributed by atoms with Crippen molar-refractivity contribution in [2.75, 3.05) is 13.2 Å². The fourth-order valence-electron chi connectivity index (χ4n) is 1.73. The zero-order valence-electron chi connectivity index (χ0n) is 11.7. The van der Waals surface area contributed by atoms with Gasteiger partial charge in [0.15, 0.2) is 0 Å². The van der Waals surface area contributed by atoms with Crippen molar-refractivity contribution in [1.29, 1.82) is 0 Å². The van der Waals surface area contributed by atoms with Crippen molar-refractivity contribution < 1.29 is 4.74 Å². The maximum absolute atomic E-state index is 6.12. The van der Waals surface area contributed by atoms with E-state index in [1.54, 1.807) is 6.07 Å². The predicted octanol–water partition coefficient (Wildman–Crippen LogP) is 4.32. The van der Waals surface area contributed by atoms with Crippen LogP contribution in [0.2, 0.25) is 10.0 Å². The Bertz CT molecular complexity index is 382. The average Bonchev–Trinajstić information content (AvgIpc) is 2.32. The van der Waals surface area contributed by atoms with Gasteiger partial charge in [-0.2, -0.15) is 0 Å². The Morgan fingerprint density at radius 3 is 2.47 bits per heavy atom. The van der Waals surface area contributed by atoms with Crippen LogP contribution in [0.25, 0.3) is 0 Å². The predicted molar refractivity (Wildman–Crippen MR) is 83.0 cm³/mol. The summed E-state index contributed by atoms with van der Waals surface area (Å²) in [7, 11) is 0. The van der Waals surface area contributed by atoms with Gasteiger partial charge in [-0.15, -0.1) is 0 Å². The van der Waals surface area contributed by atoms with Crippen LogP contribution in [0.1, 0.15) is 32.3 Å². The van der Waals surface area contributed by atoms with Crippen molar-refractivity contribution in [3.05, 3.63) is 33.8 Å². The van der Waals surface area contributed by atoms with Crippen LogP contribution in [0.15, 0.2) is 18.2 Å². The summed E-state index contributed by atoms with van der Waals surface area (Å²) in [6.07, 6.45) is 2.69. The van der Waals surface area contributed by atoms with Gasteiger partial charge in [0.05, 0.1) is 0 Å². The molecule has 0 saturated heterocycles. The normalized spacial score (nSPS) is 12.9. The summed E-state index contributed by atoms with van der Waals surface area (Å²) in [5, 5.41) is 1.34. The fraction of sp³-hybridized carbons (Fsp3) is 0.600. The zero-order chi connectivity index (χ0) is 14.3. The average molecular weight is 304 g/mol. The lowest BCUT2D eigenvalue weighted by molar-refractivity contribution is 0.117. The van der Waals surface area contributed by atoms with Crippen LogP contribution in [-0.2, 0) is 11.2 Å². The van der Waals surface area contributed by atoms with Crippen molar-refractivity contribution in [3.8, 4) is 0 Å². The number of ether oxygens (including phenoxy) is 1. The second-order valence-electron chi connectivity index (χ2n) is 5.28. The molecule has 19 heavy (non-hydrogen) atoms. The van der Waals surface area contributed by atoms with Gasteiger partial charge in [-0.05, 0) is 42.9 Å². The van der Waals surface area contributed by atoms with Crippen molar-refractivity contribution in [2.24, 2.45) is 11.7 Å². The fourth-order valence-corrected chi connectivity index (χ4v) is 2.21. The Hall–Kier alpha value is -0.280. The first-order chi connectivity index (χ1) is 8.99. The minimum absolute atomic E-state index is 0.0673. The monoisotopic (exact) mass is 303 g/mol. The molecule has 0 aliphatic rings. The Labute approximate surface area is 126 Å². The van der Waals surface area contributed by atoms with Crippen molar-refractivity contribution in [3.63, 3.8) is 0 Å². The number of rotatable bonds is 8. The standard InChI is InChI=1S/C15H23Cl2NO/c1-11(2)5-7-19-8-6-14(18)9-12-3-4-13(16)10-15(12)17/h3-4,10-11,14H,5-9,18H2,1-2H3. The van der Waals surface area contributed by atoms with E-state index in [0.29, 0.717) is 22.6 Å². The number of benzene rings is 1. The van der Waals surface area contributed by atoms with Crippen LogP contribution in [0, 0.1) is 5.92 Å². The smallest absolute Gasteiger partial charge is 0.0480 e. The minimum atomic E-state index is 0.0673. The van der Waals surface area contributed by atoms with Crippen LogP contribution in [0.5, 0.6) is 0 Å². The Morgan fingerprint density at radius 1 is 1.16 bits per heavy atom. The summed E-state index contributed by atoms with van der Waals surface area (Å²) in [6, 6.07) is 5.60. The van der Waals surface area contributed by atoms with Gasteiger partial charge in [0.25, 0.3) is 0 Å². The zero-order valence-corrected chi connectivity index (χ0v) is 13.2. The molecule has 2 nitrogen and oxygen atoms in total. The Balaban J connectivity index is 2.25. The van der Waals surface area contributed by atoms with Crippen molar-refractivity contribution >= 4 is 23.2 Å². The summed E-state index contributed by atoms with van der Waals surface area (Å²) in [5.41, 5.74) is 7.13. The molecule has 0 saturated carbocycles. The van der Waals surface area contributed by atoms with Crippen molar-refractivity contribution in [1.82, 2.24) is 0 Å². The number of nitrogens with two attached hydrogens (primary N) is 1. The molecule has 0 bridgehead atoms. The van der Waals surface area contributed by atoms with E-state index < -0.39 is 0 Å². The van der Waals surface area contributed by atoms with Crippen LogP contribution in [-0.4, -0.2) is 19.3 Å². The molecule has 1 atom stereocenters. The molecule has 1 aromatic carbocycles. The third kappa shape index (κ3) is 7.17. The van der Waals surface area contributed by atoms with E-state index in [0.717, 1.165) is 31.4 Å². The van der Waals surface area contributed by atoms with E-state index in [2.05, 4.69) is 13.8 Å². The number of hydrogen-bond acceptors (Lipinski definition) is 2. The first-order valence-electron chi connectivity index (χ1n) is 6.76. The van der Waals surface area contributed by atoms with Gasteiger partial charge < -0.3 is 10.5 Å². The number of halogens is 2. The van der Waals surface area contributed by atoms with Gasteiger partial charge in [0, 0.05) is 29.3 Å². The van der Waals surface area contributed by atoms with E-state index >= 15 is 0 Å². The van der Waals surface area contributed by atoms with E-state index in [9.17, 15) is 0 Å². The summed E-state index contributed by atoms with van der Waals surface area (Å²) < 4.78 is 5.57. The van der Waals surface area contributed by atoms with Crippen LogP contribution in [0.3, 0.4) is 0 Å². The first-order valence-corrected chi connectivity index (χ1v) is 7.52. The molecule has 1 aromatic rings. The van der Waals surface area contributed by atoms with Gasteiger partial charge >= 0.3 is 0 Å². The molecule has 0 radical (unpaired) electrons. The third-order valence-electron chi connectivity index (χ3n) is 2.97. The van der Waals surface area contributed by atoms with E-state index in [1.807, 2.05) is 12.1 Å². The second-order valence-corrected chi connectivity index (χ2v) is 6.13. The largest absolute Gasteiger partial charge is 0.381 e. The molecule has 0 fully saturated rings. The quantitative estimate of drug-likeness (QED) is 0.726. The highest BCUT2D eigenvalue weighted by atomic mass is 35.5. The topological polar surface area (TPSA) is 35.2 Å². The van der Waals surface area contributed by atoms with E-state index in [1.165, 1.54) is 0 Å². The molecule has 0 aromatic heterocycles. The molecule has 0 heterocycles. The van der Waals surface area contributed by atoms with Crippen LogP contribution in [0.4, 0.5) is 0 Å². The molecular formula is C15H23Cl2NO. The van der Waals surface area contributed by atoms with Gasteiger partial charge in [0.1, 0.15) is 0 Å². The highest BCUT2D eigenvalue weighted by molar-refractivity contribution is 6.35. The SMILES string of the molecule is CC(C)CCOCCC(N)Cc1ccc(Cl)cc1Cl. The summed E-state index contributed by atoms with van der Waals surface area (Å²) in [5.74, 6) is 0.682. The molecule has 0 spiro atoms. The maximum Gasteiger partial charge on any atom is 0.0480 e. The summed E-state index contributed by atoms with van der Waals surface area (Å²) in [6.45, 7) is 5.90. The molecule has 2 N–H and O–H groups in total. The molecule has 108 valence electrons. The second kappa shape index (κ2) is 8.80. The number of hydrogen-bond donors (Lipinski definition) is 1. The van der Waals surface area contributed by atoms with Crippen LogP contribution >= 0.6 is 23.2 Å². The molecule has 0 aliphatic carbocycles. The van der Waals surface area contributed by atoms with E-state index in [-0.39, 0.29) is 6.04 Å². The lowest BCUT2D eigenvalue weighted by Gasteiger charge is -2.13. The third-order valence-corrected chi connectivity index (χ3v) is 3.56. The lowest BCUT2D eigenvalue weighted by atomic mass is 10.0. The van der Waals surface area contributed by atoms with Crippen molar-refractivity contribution in [2.45, 2.75) is 39.2 Å². The molecule has 1 rings (SSSR count). The lowest BCUT2D eigenvalue weighted by Crippen LogP contribution is -2.25. The molecular weight excluding hydrogens is 281 g/mol. The first kappa shape index (κ1) is 16.8. The molecule has 4 heteroatoms. The highest BCUT2D eigenvalue weighted by Crippen LogP contribution is 2.22. The Kier molecular flexibility index (Phi) is 7.77. The highest BCUT2D eigenvalue weighted by Gasteiger charge is 2.08. The van der Waals surface area contributed by atoms with Gasteiger partial charge in [-0.1, -0.05) is 43.1 Å². The Morgan fingerprint density at radius 2 is 1.84 bits per heavy atom. The van der Waals surface area contributed by atoms with Crippen LogP contribution < -0.4 is 5.73 Å². The maximum atomic E-state index is 6.12. The van der Waals surface area contributed by atoms with Gasteiger partial charge in [0.2, 0.25) is 0 Å². The van der Waals surface area contributed by atoms with Gasteiger partial charge in [-0.25, -0.2) is 0 Å².